The lowest BCUT2D eigenvalue weighted by molar-refractivity contribution is -0.142. The van der Waals surface area contributed by atoms with Gasteiger partial charge >= 0.3 is 6.18 Å². The largest absolute Gasteiger partial charge is 0.494 e. The summed E-state index contributed by atoms with van der Waals surface area (Å²) in [6.07, 6.45) is -4.70. The molecular formula is C7H5F4NO. The summed E-state index contributed by atoms with van der Waals surface area (Å²) in [4.78, 5) is 2.70. The quantitative estimate of drug-likeness (QED) is 0.506. The van der Waals surface area contributed by atoms with Crippen molar-refractivity contribution in [1.82, 2.24) is 4.98 Å². The molecule has 0 spiro atoms. The van der Waals surface area contributed by atoms with E-state index in [9.17, 15) is 17.6 Å². The zero-order chi connectivity index (χ0) is 10.1. The lowest BCUT2D eigenvalue weighted by Crippen LogP contribution is -2.11. The Balaban J connectivity index is 3.24. The molecule has 0 fully saturated rings. The Morgan fingerprint density at radius 1 is 1.31 bits per heavy atom. The second kappa shape index (κ2) is 3.20. The van der Waals surface area contributed by atoms with Crippen molar-refractivity contribution in [3.05, 3.63) is 23.8 Å². The van der Waals surface area contributed by atoms with Crippen LogP contribution >= 0.6 is 0 Å². The Labute approximate surface area is 71.2 Å². The Hall–Kier alpha value is -1.33. The lowest BCUT2D eigenvalue weighted by atomic mass is 10.3. The molecule has 0 bridgehead atoms. The molecule has 1 heterocycles. The van der Waals surface area contributed by atoms with Crippen molar-refractivity contribution in [2.45, 2.75) is 6.18 Å². The number of alkyl halides is 3. The highest BCUT2D eigenvalue weighted by Crippen LogP contribution is 2.34. The maximum atomic E-state index is 12.3. The van der Waals surface area contributed by atoms with Crippen LogP contribution in [0.1, 0.15) is 5.69 Å². The van der Waals surface area contributed by atoms with Gasteiger partial charge in [0.15, 0.2) is 5.69 Å². The molecule has 1 aromatic rings. The topological polar surface area (TPSA) is 22.1 Å². The summed E-state index contributed by atoms with van der Waals surface area (Å²) >= 11 is 0. The van der Waals surface area contributed by atoms with Crippen molar-refractivity contribution in [2.24, 2.45) is 0 Å². The summed E-state index contributed by atoms with van der Waals surface area (Å²) in [6, 6.07) is 1.68. The van der Waals surface area contributed by atoms with Gasteiger partial charge in [0, 0.05) is 0 Å². The van der Waals surface area contributed by atoms with Gasteiger partial charge in [-0.3, -0.25) is 0 Å². The maximum Gasteiger partial charge on any atom is 0.437 e. The van der Waals surface area contributed by atoms with E-state index in [-0.39, 0.29) is 0 Å². The van der Waals surface area contributed by atoms with E-state index in [0.29, 0.717) is 0 Å². The van der Waals surface area contributed by atoms with E-state index < -0.39 is 23.6 Å². The molecule has 0 amide bonds. The summed E-state index contributed by atoms with van der Waals surface area (Å²) in [6.45, 7) is 0. The number of methoxy groups -OCH3 is 1. The highest BCUT2D eigenvalue weighted by atomic mass is 19.4. The summed E-state index contributed by atoms with van der Waals surface area (Å²) in [5.41, 5.74) is -1.35. The normalized spacial score (nSPS) is 11.5. The minimum atomic E-state index is -4.70. The molecule has 0 aromatic carbocycles. The number of hydrogen-bond donors (Lipinski definition) is 0. The first-order valence-corrected chi connectivity index (χ1v) is 3.23. The van der Waals surface area contributed by atoms with Gasteiger partial charge in [-0.25, -0.2) is 4.98 Å². The average Bonchev–Trinajstić information content (AvgIpc) is 2.03. The molecule has 0 aliphatic carbocycles. The highest BCUT2D eigenvalue weighted by Gasteiger charge is 2.36. The fraction of sp³-hybridized carbons (Fsp3) is 0.286. The molecule has 1 rings (SSSR count). The van der Waals surface area contributed by atoms with Gasteiger partial charge in [-0.05, 0) is 12.1 Å². The Bertz CT molecular complexity index is 310. The predicted octanol–water partition coefficient (Wildman–Crippen LogP) is 2.25. The van der Waals surface area contributed by atoms with Gasteiger partial charge in [0.2, 0.25) is 5.95 Å². The minimum Gasteiger partial charge on any atom is -0.494 e. The third kappa shape index (κ3) is 2.07. The van der Waals surface area contributed by atoms with Crippen LogP contribution in [0.4, 0.5) is 17.6 Å². The number of halogens is 4. The van der Waals surface area contributed by atoms with E-state index in [1.54, 1.807) is 0 Å². The predicted molar refractivity (Wildman–Crippen MR) is 35.7 cm³/mol. The molecule has 0 saturated carbocycles. The third-order valence-corrected chi connectivity index (χ3v) is 1.31. The smallest absolute Gasteiger partial charge is 0.437 e. The van der Waals surface area contributed by atoms with Crippen LogP contribution in [-0.4, -0.2) is 12.1 Å². The summed E-state index contributed by atoms with van der Waals surface area (Å²) < 4.78 is 53.0. The van der Waals surface area contributed by atoms with Crippen LogP contribution in [-0.2, 0) is 6.18 Å². The number of pyridine rings is 1. The van der Waals surface area contributed by atoms with Crippen LogP contribution in [0.15, 0.2) is 12.1 Å². The summed E-state index contributed by atoms with van der Waals surface area (Å²) in [7, 11) is 1.06. The number of aromatic nitrogens is 1. The van der Waals surface area contributed by atoms with Gasteiger partial charge in [0.05, 0.1) is 7.11 Å². The molecule has 72 valence electrons. The fourth-order valence-corrected chi connectivity index (χ4v) is 0.790. The van der Waals surface area contributed by atoms with Crippen molar-refractivity contribution in [3.63, 3.8) is 0 Å². The van der Waals surface area contributed by atoms with Crippen LogP contribution in [0.2, 0.25) is 0 Å². The van der Waals surface area contributed by atoms with E-state index in [1.807, 2.05) is 0 Å². The van der Waals surface area contributed by atoms with Crippen LogP contribution < -0.4 is 4.74 Å². The molecule has 0 aliphatic heterocycles. The standard InChI is InChI=1S/C7H5F4NO/c1-13-4-2-3-5(8)12-6(4)7(9,10)11/h2-3H,1H3. The number of rotatable bonds is 1. The zero-order valence-corrected chi connectivity index (χ0v) is 6.52. The van der Waals surface area contributed by atoms with E-state index in [1.165, 1.54) is 0 Å². The van der Waals surface area contributed by atoms with Crippen molar-refractivity contribution in [2.75, 3.05) is 7.11 Å². The highest BCUT2D eigenvalue weighted by molar-refractivity contribution is 5.29. The van der Waals surface area contributed by atoms with Gasteiger partial charge in [0.1, 0.15) is 5.75 Å². The molecule has 13 heavy (non-hydrogen) atoms. The van der Waals surface area contributed by atoms with Gasteiger partial charge in [-0.2, -0.15) is 17.6 Å². The van der Waals surface area contributed by atoms with E-state index in [4.69, 9.17) is 0 Å². The summed E-state index contributed by atoms with van der Waals surface area (Å²) in [5, 5.41) is 0. The first-order valence-electron chi connectivity index (χ1n) is 3.23. The van der Waals surface area contributed by atoms with Gasteiger partial charge in [-0.15, -0.1) is 0 Å². The van der Waals surface area contributed by atoms with Crippen LogP contribution in [0, 0.1) is 5.95 Å². The fourth-order valence-electron chi connectivity index (χ4n) is 0.790. The maximum absolute atomic E-state index is 12.3. The second-order valence-corrected chi connectivity index (χ2v) is 2.18. The van der Waals surface area contributed by atoms with Crippen molar-refractivity contribution in [3.8, 4) is 5.75 Å². The van der Waals surface area contributed by atoms with E-state index >= 15 is 0 Å². The van der Waals surface area contributed by atoms with Gasteiger partial charge < -0.3 is 4.74 Å². The first kappa shape index (κ1) is 9.76. The third-order valence-electron chi connectivity index (χ3n) is 1.31. The first-order chi connectivity index (χ1) is 5.95. The monoisotopic (exact) mass is 195 g/mol. The zero-order valence-electron chi connectivity index (χ0n) is 6.52. The molecule has 0 atom stereocenters. The molecule has 2 nitrogen and oxygen atoms in total. The molecular weight excluding hydrogens is 190 g/mol. The molecule has 0 radical (unpaired) electrons. The van der Waals surface area contributed by atoms with Crippen LogP contribution in [0.25, 0.3) is 0 Å². The van der Waals surface area contributed by atoms with Gasteiger partial charge in [0.25, 0.3) is 0 Å². The van der Waals surface area contributed by atoms with Crippen LogP contribution in [0.5, 0.6) is 5.75 Å². The Morgan fingerprint density at radius 3 is 2.38 bits per heavy atom. The van der Waals surface area contributed by atoms with Crippen molar-refractivity contribution < 1.29 is 22.3 Å². The number of hydrogen-bond acceptors (Lipinski definition) is 2. The van der Waals surface area contributed by atoms with E-state index in [0.717, 1.165) is 19.2 Å². The number of ether oxygens (including phenoxy) is 1. The van der Waals surface area contributed by atoms with E-state index in [2.05, 4.69) is 9.72 Å². The second-order valence-electron chi connectivity index (χ2n) is 2.18. The van der Waals surface area contributed by atoms with Gasteiger partial charge in [-0.1, -0.05) is 0 Å². The minimum absolute atomic E-state index is 0.492. The SMILES string of the molecule is COc1ccc(F)nc1C(F)(F)F. The number of nitrogens with zero attached hydrogens (tertiary/aromatic N) is 1. The summed E-state index contributed by atoms with van der Waals surface area (Å²) in [5.74, 6) is -1.68. The van der Waals surface area contributed by atoms with Crippen molar-refractivity contribution in [1.29, 1.82) is 0 Å². The molecule has 0 aliphatic rings. The Kier molecular flexibility index (Phi) is 2.40. The molecule has 1 aromatic heterocycles. The molecule has 6 heteroatoms. The lowest BCUT2D eigenvalue weighted by Gasteiger charge is -2.09. The molecule has 0 unspecified atom stereocenters. The molecule has 0 N–H and O–H groups in total. The average molecular weight is 195 g/mol. The molecule has 0 saturated heterocycles. The van der Waals surface area contributed by atoms with Crippen molar-refractivity contribution >= 4 is 0 Å². The Morgan fingerprint density at radius 2 is 1.92 bits per heavy atom. The van der Waals surface area contributed by atoms with Crippen LogP contribution in [0.3, 0.4) is 0 Å².